The molecule has 3 aromatic rings. The lowest BCUT2D eigenvalue weighted by molar-refractivity contribution is -0.113. The van der Waals surface area contributed by atoms with E-state index in [2.05, 4.69) is 22.5 Å². The van der Waals surface area contributed by atoms with Gasteiger partial charge in [-0.3, -0.25) is 14.2 Å². The third-order valence-electron chi connectivity index (χ3n) is 4.62. The molecule has 0 aliphatic carbocycles. The van der Waals surface area contributed by atoms with Crippen molar-refractivity contribution in [3.05, 3.63) is 71.8 Å². The van der Waals surface area contributed by atoms with Crippen LogP contribution in [-0.4, -0.2) is 33.7 Å². The van der Waals surface area contributed by atoms with Crippen molar-refractivity contribution in [2.45, 2.75) is 31.8 Å². The second-order valence-corrected chi connectivity index (χ2v) is 7.98. The molecule has 0 spiro atoms. The second kappa shape index (κ2) is 10.8. The van der Waals surface area contributed by atoms with Crippen molar-refractivity contribution >= 4 is 29.3 Å². The average molecular weight is 441 g/mol. The number of nitrogens with zero attached hydrogens (tertiary/aromatic N) is 2. The minimum atomic E-state index is -0.358. The standard InChI is InChI=1S/C23H25FN4O2S/c1-3-4-11-25-22(30)17-6-9-19(10-7-17)28-13-12-26-23(28)31-15-21(29)27-18-8-5-16(2)20(24)14-18/h5-10,12-14H,3-4,11,15H2,1-2H3,(H,25,30)(H,27,29). The summed E-state index contributed by atoms with van der Waals surface area (Å²) < 4.78 is 15.5. The van der Waals surface area contributed by atoms with E-state index in [9.17, 15) is 14.0 Å². The Morgan fingerprint density at radius 3 is 2.65 bits per heavy atom. The van der Waals surface area contributed by atoms with Gasteiger partial charge in [-0.25, -0.2) is 9.37 Å². The first-order valence-electron chi connectivity index (χ1n) is 10.1. The Labute approximate surface area is 185 Å². The summed E-state index contributed by atoms with van der Waals surface area (Å²) >= 11 is 1.27. The first-order valence-corrected chi connectivity index (χ1v) is 11.1. The number of hydrogen-bond donors (Lipinski definition) is 2. The zero-order valence-corrected chi connectivity index (χ0v) is 18.3. The minimum absolute atomic E-state index is 0.0931. The van der Waals surface area contributed by atoms with E-state index in [0.29, 0.717) is 28.5 Å². The predicted molar refractivity (Wildman–Crippen MR) is 121 cm³/mol. The van der Waals surface area contributed by atoms with Gasteiger partial charge in [0.15, 0.2) is 5.16 Å². The van der Waals surface area contributed by atoms with Crippen LogP contribution in [0, 0.1) is 12.7 Å². The normalized spacial score (nSPS) is 10.7. The molecule has 8 heteroatoms. The van der Waals surface area contributed by atoms with Gasteiger partial charge in [0.1, 0.15) is 5.82 Å². The number of carbonyl (C=O) groups excluding carboxylic acids is 2. The van der Waals surface area contributed by atoms with E-state index in [1.807, 2.05) is 16.7 Å². The highest BCUT2D eigenvalue weighted by Crippen LogP contribution is 2.21. The molecule has 0 radical (unpaired) electrons. The van der Waals surface area contributed by atoms with Gasteiger partial charge < -0.3 is 10.6 Å². The lowest BCUT2D eigenvalue weighted by Gasteiger charge is -2.10. The molecule has 0 fully saturated rings. The van der Waals surface area contributed by atoms with Crippen LogP contribution in [0.2, 0.25) is 0 Å². The average Bonchev–Trinajstić information content (AvgIpc) is 3.24. The summed E-state index contributed by atoms with van der Waals surface area (Å²) in [5.41, 5.74) is 2.38. The van der Waals surface area contributed by atoms with Gasteiger partial charge in [0.2, 0.25) is 5.91 Å². The predicted octanol–water partition coefficient (Wildman–Crippen LogP) is 4.58. The molecule has 0 aliphatic heterocycles. The van der Waals surface area contributed by atoms with Gasteiger partial charge in [-0.05, 0) is 55.3 Å². The van der Waals surface area contributed by atoms with Crippen molar-refractivity contribution in [1.82, 2.24) is 14.9 Å². The Kier molecular flexibility index (Phi) is 7.83. The number of imidazole rings is 1. The van der Waals surface area contributed by atoms with Gasteiger partial charge in [-0.1, -0.05) is 31.2 Å². The van der Waals surface area contributed by atoms with Crippen LogP contribution in [0.4, 0.5) is 10.1 Å². The number of anilines is 1. The van der Waals surface area contributed by atoms with E-state index >= 15 is 0 Å². The molecule has 31 heavy (non-hydrogen) atoms. The van der Waals surface area contributed by atoms with Gasteiger partial charge in [-0.15, -0.1) is 0 Å². The maximum atomic E-state index is 13.6. The number of hydrogen-bond acceptors (Lipinski definition) is 4. The molecule has 2 N–H and O–H groups in total. The maximum absolute atomic E-state index is 13.6. The first kappa shape index (κ1) is 22.6. The fraction of sp³-hybridized carbons (Fsp3) is 0.261. The number of aromatic nitrogens is 2. The molecule has 0 saturated heterocycles. The summed E-state index contributed by atoms with van der Waals surface area (Å²) in [4.78, 5) is 28.7. The van der Waals surface area contributed by atoms with Crippen LogP contribution < -0.4 is 10.6 Å². The van der Waals surface area contributed by atoms with Crippen LogP contribution in [0.5, 0.6) is 0 Å². The van der Waals surface area contributed by atoms with E-state index in [-0.39, 0.29) is 23.4 Å². The quantitative estimate of drug-likeness (QED) is 0.377. The maximum Gasteiger partial charge on any atom is 0.251 e. The number of nitrogens with one attached hydrogen (secondary N) is 2. The molecule has 6 nitrogen and oxygen atoms in total. The van der Waals surface area contributed by atoms with Crippen LogP contribution in [0.25, 0.3) is 5.69 Å². The van der Waals surface area contributed by atoms with E-state index in [1.54, 1.807) is 43.6 Å². The van der Waals surface area contributed by atoms with Crippen molar-refractivity contribution in [3.63, 3.8) is 0 Å². The molecular weight excluding hydrogens is 415 g/mol. The molecule has 0 unspecified atom stereocenters. The number of benzene rings is 2. The number of thioether (sulfide) groups is 1. The van der Waals surface area contributed by atoms with Crippen LogP contribution in [0.15, 0.2) is 60.0 Å². The number of aryl methyl sites for hydroxylation is 1. The topological polar surface area (TPSA) is 76.0 Å². The zero-order valence-electron chi connectivity index (χ0n) is 17.5. The van der Waals surface area contributed by atoms with Crippen molar-refractivity contribution in [2.24, 2.45) is 0 Å². The smallest absolute Gasteiger partial charge is 0.251 e. The fourth-order valence-electron chi connectivity index (χ4n) is 2.84. The molecule has 2 aromatic carbocycles. The number of amides is 2. The molecular formula is C23H25FN4O2S. The largest absolute Gasteiger partial charge is 0.352 e. The molecule has 0 bridgehead atoms. The summed E-state index contributed by atoms with van der Waals surface area (Å²) in [5.74, 6) is -0.570. The van der Waals surface area contributed by atoms with E-state index < -0.39 is 0 Å². The highest BCUT2D eigenvalue weighted by atomic mass is 32.2. The SMILES string of the molecule is CCCCNC(=O)c1ccc(-n2ccnc2SCC(=O)Nc2ccc(C)c(F)c2)cc1. The number of rotatable bonds is 9. The van der Waals surface area contributed by atoms with Crippen LogP contribution in [0.3, 0.4) is 0 Å². The monoisotopic (exact) mass is 440 g/mol. The van der Waals surface area contributed by atoms with Crippen molar-refractivity contribution in [2.75, 3.05) is 17.6 Å². The van der Waals surface area contributed by atoms with Crippen molar-refractivity contribution in [3.8, 4) is 5.69 Å². The Morgan fingerprint density at radius 2 is 1.94 bits per heavy atom. The van der Waals surface area contributed by atoms with Crippen LogP contribution in [-0.2, 0) is 4.79 Å². The molecule has 2 amide bonds. The van der Waals surface area contributed by atoms with Crippen LogP contribution in [0.1, 0.15) is 35.7 Å². The van der Waals surface area contributed by atoms with Gasteiger partial charge in [-0.2, -0.15) is 0 Å². The molecule has 0 saturated carbocycles. The summed E-state index contributed by atoms with van der Waals surface area (Å²) in [6, 6.07) is 11.8. The summed E-state index contributed by atoms with van der Waals surface area (Å²) in [7, 11) is 0. The van der Waals surface area contributed by atoms with Crippen molar-refractivity contribution in [1.29, 1.82) is 0 Å². The summed E-state index contributed by atoms with van der Waals surface area (Å²) in [6.45, 7) is 4.41. The third-order valence-corrected chi connectivity index (χ3v) is 5.59. The fourth-order valence-corrected chi connectivity index (χ4v) is 3.62. The van der Waals surface area contributed by atoms with Crippen molar-refractivity contribution < 1.29 is 14.0 Å². The Hall–Kier alpha value is -3.13. The summed E-state index contributed by atoms with van der Waals surface area (Å²) in [5, 5.41) is 6.23. The Balaban J connectivity index is 1.59. The Bertz CT molecular complexity index is 1050. The number of carbonyl (C=O) groups is 2. The number of halogens is 1. The molecule has 0 atom stereocenters. The van der Waals surface area contributed by atoms with Gasteiger partial charge in [0.25, 0.3) is 5.91 Å². The van der Waals surface area contributed by atoms with E-state index in [4.69, 9.17) is 0 Å². The first-order chi connectivity index (χ1) is 15.0. The van der Waals surface area contributed by atoms with E-state index in [0.717, 1.165) is 18.5 Å². The number of unbranched alkanes of at least 4 members (excludes halogenated alkanes) is 1. The minimum Gasteiger partial charge on any atom is -0.352 e. The van der Waals surface area contributed by atoms with Gasteiger partial charge in [0, 0.05) is 35.9 Å². The summed E-state index contributed by atoms with van der Waals surface area (Å²) in [6.07, 6.45) is 5.43. The van der Waals surface area contributed by atoms with Gasteiger partial charge >= 0.3 is 0 Å². The van der Waals surface area contributed by atoms with Gasteiger partial charge in [0.05, 0.1) is 5.75 Å². The lowest BCUT2D eigenvalue weighted by atomic mass is 10.2. The Morgan fingerprint density at radius 1 is 1.16 bits per heavy atom. The lowest BCUT2D eigenvalue weighted by Crippen LogP contribution is -2.24. The third kappa shape index (κ3) is 6.18. The van der Waals surface area contributed by atoms with Crippen LogP contribution >= 0.6 is 11.8 Å². The van der Waals surface area contributed by atoms with E-state index in [1.165, 1.54) is 17.8 Å². The second-order valence-electron chi connectivity index (χ2n) is 7.04. The molecule has 1 aromatic heterocycles. The molecule has 162 valence electrons. The molecule has 3 rings (SSSR count). The zero-order chi connectivity index (χ0) is 22.2. The highest BCUT2D eigenvalue weighted by Gasteiger charge is 2.11. The highest BCUT2D eigenvalue weighted by molar-refractivity contribution is 7.99. The molecule has 1 heterocycles. The molecule has 0 aliphatic rings.